The second kappa shape index (κ2) is 5.95. The first kappa shape index (κ1) is 15.9. The summed E-state index contributed by atoms with van der Waals surface area (Å²) in [6.45, 7) is 0. The van der Waals surface area contributed by atoms with E-state index in [4.69, 9.17) is 9.79 Å². The Kier molecular flexibility index (Phi) is 13.5. The Bertz CT molecular complexity index is 61.1. The van der Waals surface area contributed by atoms with Gasteiger partial charge in [-0.05, 0) is 0 Å². The fourth-order valence-electron chi connectivity index (χ4n) is 0. The third-order valence-corrected chi connectivity index (χ3v) is 0. The minimum atomic E-state index is -3.50. The first-order valence-electron chi connectivity index (χ1n) is 1.03. The average molecular weight is 195 g/mol. The Morgan fingerprint density at radius 2 is 1.43 bits per heavy atom. The molecule has 0 amide bonds. The van der Waals surface area contributed by atoms with E-state index in [1.54, 1.807) is 0 Å². The average Bonchev–Trinajstić information content (AvgIpc) is 0.722. The molecule has 0 radical (unpaired) electrons. The van der Waals surface area contributed by atoms with Gasteiger partial charge < -0.3 is 9.79 Å². The molecule has 0 fully saturated rings. The van der Waals surface area contributed by atoms with Crippen molar-refractivity contribution < 1.29 is 14.4 Å². The van der Waals surface area contributed by atoms with E-state index < -0.39 is 6.24 Å². The van der Waals surface area contributed by atoms with Gasteiger partial charge in [0.1, 0.15) is 0 Å². The topological polar surface area (TPSA) is 57.5 Å². The zero-order chi connectivity index (χ0) is 4.50. The van der Waals surface area contributed by atoms with Crippen LogP contribution in [0.15, 0.2) is 0 Å². The Hall–Kier alpha value is 1.82. The van der Waals surface area contributed by atoms with Crippen LogP contribution >= 0.6 is 6.24 Å². The van der Waals surface area contributed by atoms with Crippen LogP contribution in [0.1, 0.15) is 0 Å². The molecular weight excluding hydrogens is 186 g/mol. The van der Waals surface area contributed by atoms with E-state index in [9.17, 15) is 4.57 Å². The molecule has 3 nitrogen and oxygen atoms in total. The Morgan fingerprint density at radius 1 is 1.43 bits per heavy atom. The molecule has 0 aromatic heterocycles. The van der Waals surface area contributed by atoms with Crippen molar-refractivity contribution in [3.8, 4) is 0 Å². The fraction of sp³-hybridized carbons (Fsp3) is 0. The molecule has 0 aromatic carbocycles. The van der Waals surface area contributed by atoms with Crippen molar-refractivity contribution in [2.45, 2.75) is 0 Å². The third-order valence-electron chi connectivity index (χ3n) is 0. The summed E-state index contributed by atoms with van der Waals surface area (Å²) in [5, 5.41) is 0. The quantitative estimate of drug-likeness (QED) is 0.313. The zero-order valence-electron chi connectivity index (χ0n) is 2.75. The molecule has 0 unspecified atom stereocenters. The van der Waals surface area contributed by atoms with Gasteiger partial charge in [0.25, 0.3) is 0 Å². The van der Waals surface area contributed by atoms with Gasteiger partial charge in [0.05, 0.1) is 0 Å². The van der Waals surface area contributed by atoms with Gasteiger partial charge in [-0.3, -0.25) is 4.57 Å². The van der Waals surface area contributed by atoms with Gasteiger partial charge in [-0.1, -0.05) is 0 Å². The maximum absolute atomic E-state index is 9.39. The van der Waals surface area contributed by atoms with Crippen LogP contribution in [0.5, 0.6) is 0 Å². The van der Waals surface area contributed by atoms with Gasteiger partial charge in [-0.25, -0.2) is 0 Å². The molecule has 7 heavy (non-hydrogen) atoms. The molecule has 0 bridgehead atoms. The molecular formula is H9AlGeLiO3P. The molecule has 0 aliphatic carbocycles. The molecule has 0 rings (SSSR count). The minimum absolute atomic E-state index is 0. The Morgan fingerprint density at radius 3 is 1.43 bits per heavy atom. The second-order valence-corrected chi connectivity index (χ2v) is 6.00. The number of rotatable bonds is 0. The maximum atomic E-state index is 9.39. The van der Waals surface area contributed by atoms with Crippen LogP contribution in [0.4, 0.5) is 0 Å². The van der Waals surface area contributed by atoms with Crippen LogP contribution in [-0.2, 0) is 4.57 Å². The number of hydrogen-bond donors (Lipinski definition) is 2. The van der Waals surface area contributed by atoms with Gasteiger partial charge >= 0.3 is 52.3 Å². The third kappa shape index (κ3) is 79.8. The first-order valence-corrected chi connectivity index (χ1v) is 5.77. The van der Waals surface area contributed by atoms with Crippen molar-refractivity contribution in [1.29, 1.82) is 0 Å². The summed E-state index contributed by atoms with van der Waals surface area (Å²) in [6.07, 6.45) is -3.50. The second-order valence-electron chi connectivity index (χ2n) is 0.835. The molecule has 0 aliphatic rings. The Labute approximate surface area is 72.6 Å². The van der Waals surface area contributed by atoms with Crippen LogP contribution in [0, 0.1) is 0 Å². The van der Waals surface area contributed by atoms with E-state index in [0.29, 0.717) is 0 Å². The van der Waals surface area contributed by atoms with Crippen LogP contribution in [0.25, 0.3) is 0 Å². The first-order chi connectivity index (χ1) is 2.00. The summed E-state index contributed by atoms with van der Waals surface area (Å²) in [4.78, 5) is 15.4. The van der Waals surface area contributed by atoms with E-state index in [1.165, 1.54) is 0 Å². The van der Waals surface area contributed by atoms with Gasteiger partial charge in [-0.2, -0.15) is 0 Å². The molecule has 0 aromatic rings. The van der Waals surface area contributed by atoms with E-state index in [1.807, 2.05) is 0 Å². The molecule has 0 atom stereocenters. The zero-order valence-corrected chi connectivity index (χ0v) is 5.64. The van der Waals surface area contributed by atoms with E-state index >= 15 is 0 Å². The molecule has 0 saturated carbocycles. The van der Waals surface area contributed by atoms with Gasteiger partial charge in [0.2, 0.25) is 6.24 Å². The summed E-state index contributed by atoms with van der Waals surface area (Å²) in [5.74, 6) is 0. The summed E-state index contributed by atoms with van der Waals surface area (Å²) in [7, 11) is 0. The van der Waals surface area contributed by atoms with Crippen molar-refractivity contribution in [3.63, 3.8) is 0 Å². The van der Waals surface area contributed by atoms with Gasteiger partial charge in [-0.15, -0.1) is 0 Å². The molecule has 0 heterocycles. The summed E-state index contributed by atoms with van der Waals surface area (Å²) >= 11 is -0.0255. The predicted molar refractivity (Wildman–Crippen MR) is 39.1 cm³/mol. The van der Waals surface area contributed by atoms with E-state index in [-0.39, 0.29) is 52.3 Å². The van der Waals surface area contributed by atoms with Gasteiger partial charge in [0, 0.05) is 0 Å². The summed E-state index contributed by atoms with van der Waals surface area (Å²) < 4.78 is 9.39. The Balaban J connectivity index is -0.0000000800. The molecule has 7 heteroatoms. The van der Waals surface area contributed by atoms with Crippen molar-refractivity contribution in [3.05, 3.63) is 0 Å². The number of hydrogen-bond acceptors (Lipinski definition) is 1. The normalized spacial score (nSPS) is 8.29. The predicted octanol–water partition coefficient (Wildman–Crippen LogP) is -3.39. The van der Waals surface area contributed by atoms with Crippen molar-refractivity contribution in [1.82, 2.24) is 0 Å². The standard InChI is InChI=1S/Al.GeH4.Li.HO3P.3H/c;;;1-4(2)3;;;/h;1H4;;(H-,1,2,3);;;/q-1;;;;;;/p+1. The monoisotopic (exact) mass is 196 g/mol. The molecule has 2 N–H and O–H groups in total. The molecule has 0 spiro atoms. The summed E-state index contributed by atoms with van der Waals surface area (Å²) in [5.41, 5.74) is 0. The van der Waals surface area contributed by atoms with Crippen LogP contribution in [0.3, 0.4) is 0 Å². The SMILES string of the molecule is O=[P](O)(O)[AlH2].[GeH4].[LiH]. The van der Waals surface area contributed by atoms with Crippen molar-refractivity contribution in [2.75, 3.05) is 0 Å². The van der Waals surface area contributed by atoms with Crippen LogP contribution in [-0.4, -0.2) is 62.1 Å². The van der Waals surface area contributed by atoms with Gasteiger partial charge in [0.15, 0.2) is 0 Å². The van der Waals surface area contributed by atoms with Crippen molar-refractivity contribution in [2.24, 2.45) is 0 Å². The summed E-state index contributed by atoms with van der Waals surface area (Å²) in [6, 6.07) is 0. The molecule has 0 saturated heterocycles. The van der Waals surface area contributed by atoms with Crippen molar-refractivity contribution >= 4 is 58.5 Å². The van der Waals surface area contributed by atoms with E-state index in [2.05, 4.69) is 0 Å². The molecule has 40 valence electrons. The van der Waals surface area contributed by atoms with Crippen LogP contribution in [0.2, 0.25) is 0 Å². The van der Waals surface area contributed by atoms with Crippen LogP contribution < -0.4 is 0 Å². The fourth-order valence-corrected chi connectivity index (χ4v) is 0. The molecule has 0 aliphatic heterocycles. The van der Waals surface area contributed by atoms with E-state index in [0.717, 1.165) is 0 Å².